The average Bonchev–Trinajstić information content (AvgIpc) is 2.74. The molecule has 0 radical (unpaired) electrons. The van der Waals surface area contributed by atoms with Crippen LogP contribution in [0.1, 0.15) is 15.9 Å². The lowest BCUT2D eigenvalue weighted by molar-refractivity contribution is 0.112. The molecule has 0 spiro atoms. The molecule has 1 aromatic heterocycles. The van der Waals surface area contributed by atoms with Gasteiger partial charge in [0.05, 0.1) is 16.9 Å². The fraction of sp³-hybridized carbons (Fsp3) is 0.231. The minimum atomic E-state index is 0.575. The molecule has 0 saturated heterocycles. The first-order valence-corrected chi connectivity index (χ1v) is 5.92. The van der Waals surface area contributed by atoms with E-state index < -0.39 is 0 Å². The number of aldehydes is 1. The van der Waals surface area contributed by atoms with Gasteiger partial charge in [0, 0.05) is 38.0 Å². The first-order valence-electron chi connectivity index (χ1n) is 5.54. The zero-order valence-corrected chi connectivity index (χ0v) is 11.1. The van der Waals surface area contributed by atoms with E-state index in [-0.39, 0.29) is 0 Å². The fourth-order valence-electron chi connectivity index (χ4n) is 1.94. The van der Waals surface area contributed by atoms with Gasteiger partial charge in [-0.25, -0.2) is 0 Å². The van der Waals surface area contributed by atoms with Crippen LogP contribution in [0.4, 0.5) is 5.69 Å². The maximum absolute atomic E-state index is 11.0. The molecule has 1 heterocycles. The zero-order valence-electron chi connectivity index (χ0n) is 10.3. The second kappa shape index (κ2) is 5.23. The minimum absolute atomic E-state index is 0.575. The van der Waals surface area contributed by atoms with Gasteiger partial charge in [0.2, 0.25) is 0 Å². The van der Waals surface area contributed by atoms with Gasteiger partial charge < -0.3 is 4.90 Å². The van der Waals surface area contributed by atoms with Gasteiger partial charge in [-0.15, -0.1) is 0 Å². The van der Waals surface area contributed by atoms with Crippen molar-refractivity contribution in [3.63, 3.8) is 0 Å². The van der Waals surface area contributed by atoms with Crippen LogP contribution in [0.5, 0.6) is 0 Å². The summed E-state index contributed by atoms with van der Waals surface area (Å²) in [6.07, 6.45) is 4.56. The van der Waals surface area contributed by atoms with Crippen LogP contribution in [0.25, 0.3) is 0 Å². The molecule has 2 aromatic rings. The Kier molecular flexibility index (Phi) is 3.67. The Bertz CT molecular complexity index is 565. The van der Waals surface area contributed by atoms with E-state index in [0.717, 1.165) is 17.5 Å². The molecule has 0 bridgehead atoms. The molecule has 0 saturated carbocycles. The minimum Gasteiger partial charge on any atom is -0.368 e. The normalized spacial score (nSPS) is 10.4. The maximum atomic E-state index is 11.0. The Hall–Kier alpha value is -1.81. The van der Waals surface area contributed by atoms with Crippen LogP contribution in [0.15, 0.2) is 30.6 Å². The quantitative estimate of drug-likeness (QED) is 0.796. The van der Waals surface area contributed by atoms with Crippen molar-refractivity contribution in [3.8, 4) is 0 Å². The fourth-order valence-corrected chi connectivity index (χ4v) is 2.26. The van der Waals surface area contributed by atoms with Crippen molar-refractivity contribution in [2.45, 2.75) is 6.54 Å². The van der Waals surface area contributed by atoms with Crippen molar-refractivity contribution in [3.05, 3.63) is 46.7 Å². The molecule has 5 heteroatoms. The van der Waals surface area contributed by atoms with Crippen LogP contribution < -0.4 is 4.90 Å². The average molecular weight is 264 g/mol. The van der Waals surface area contributed by atoms with Crippen molar-refractivity contribution < 1.29 is 4.79 Å². The highest BCUT2D eigenvalue weighted by molar-refractivity contribution is 6.33. The number of benzene rings is 1. The monoisotopic (exact) mass is 263 g/mol. The Morgan fingerprint density at radius 1 is 1.50 bits per heavy atom. The predicted octanol–water partition coefficient (Wildman–Crippen LogP) is 2.52. The number of aryl methyl sites for hydroxylation is 1. The molecule has 0 N–H and O–H groups in total. The van der Waals surface area contributed by atoms with Gasteiger partial charge in [-0.3, -0.25) is 9.48 Å². The molecule has 4 nitrogen and oxygen atoms in total. The maximum Gasteiger partial charge on any atom is 0.152 e. The highest BCUT2D eigenvalue weighted by Gasteiger charge is 2.12. The van der Waals surface area contributed by atoms with Gasteiger partial charge in [-0.05, 0) is 12.1 Å². The first kappa shape index (κ1) is 12.6. The summed E-state index contributed by atoms with van der Waals surface area (Å²) in [5.41, 5.74) is 2.41. The van der Waals surface area contributed by atoms with Gasteiger partial charge in [0.15, 0.2) is 6.29 Å². The van der Waals surface area contributed by atoms with Gasteiger partial charge in [0.1, 0.15) is 0 Å². The van der Waals surface area contributed by atoms with Crippen LogP contribution in [0.2, 0.25) is 5.02 Å². The second-order valence-corrected chi connectivity index (χ2v) is 4.58. The summed E-state index contributed by atoms with van der Waals surface area (Å²) in [5.74, 6) is 0. The Morgan fingerprint density at radius 3 is 2.89 bits per heavy atom. The highest BCUT2D eigenvalue weighted by atomic mass is 35.5. The number of hydrogen-bond acceptors (Lipinski definition) is 3. The Balaban J connectivity index is 2.28. The van der Waals surface area contributed by atoms with Gasteiger partial charge in [-0.1, -0.05) is 17.7 Å². The number of carbonyl (C=O) groups is 1. The number of carbonyl (C=O) groups excluding carboxylic acids is 1. The van der Waals surface area contributed by atoms with E-state index in [2.05, 4.69) is 5.10 Å². The van der Waals surface area contributed by atoms with E-state index in [9.17, 15) is 4.79 Å². The first-order chi connectivity index (χ1) is 8.61. The number of aromatic nitrogens is 2. The van der Waals surface area contributed by atoms with E-state index in [4.69, 9.17) is 11.6 Å². The molecule has 0 unspecified atom stereocenters. The molecule has 0 aliphatic carbocycles. The largest absolute Gasteiger partial charge is 0.368 e. The number of anilines is 1. The van der Waals surface area contributed by atoms with Crippen molar-refractivity contribution in [2.75, 3.05) is 11.9 Å². The standard InChI is InChI=1S/C13H14ClN3O/c1-16(7-10-6-15-17(2)8-10)13-11(9-18)4-3-5-12(13)14/h3-6,8-9H,7H2,1-2H3. The molecule has 0 fully saturated rings. The van der Waals surface area contributed by atoms with Crippen molar-refractivity contribution in [2.24, 2.45) is 7.05 Å². The Morgan fingerprint density at radius 2 is 2.28 bits per heavy atom. The van der Waals surface area contributed by atoms with Crippen LogP contribution in [-0.4, -0.2) is 23.1 Å². The smallest absolute Gasteiger partial charge is 0.152 e. The van der Waals surface area contributed by atoms with Gasteiger partial charge >= 0.3 is 0 Å². The molecule has 0 atom stereocenters. The van der Waals surface area contributed by atoms with Crippen LogP contribution in [-0.2, 0) is 13.6 Å². The molecule has 0 aliphatic rings. The third-order valence-electron chi connectivity index (χ3n) is 2.70. The highest BCUT2D eigenvalue weighted by Crippen LogP contribution is 2.29. The van der Waals surface area contributed by atoms with E-state index in [1.165, 1.54) is 0 Å². The van der Waals surface area contributed by atoms with Gasteiger partial charge in [0.25, 0.3) is 0 Å². The number of para-hydroxylation sites is 1. The topological polar surface area (TPSA) is 38.1 Å². The summed E-state index contributed by atoms with van der Waals surface area (Å²) in [6.45, 7) is 0.651. The van der Waals surface area contributed by atoms with Crippen molar-refractivity contribution in [1.29, 1.82) is 0 Å². The van der Waals surface area contributed by atoms with Crippen LogP contribution in [0.3, 0.4) is 0 Å². The van der Waals surface area contributed by atoms with E-state index in [1.807, 2.05) is 25.2 Å². The number of halogens is 1. The van der Waals surface area contributed by atoms with Crippen molar-refractivity contribution in [1.82, 2.24) is 9.78 Å². The molecule has 94 valence electrons. The molecule has 0 aliphatic heterocycles. The van der Waals surface area contributed by atoms with Gasteiger partial charge in [-0.2, -0.15) is 5.10 Å². The number of hydrogen-bond donors (Lipinski definition) is 0. The summed E-state index contributed by atoms with van der Waals surface area (Å²) in [7, 11) is 3.77. The second-order valence-electron chi connectivity index (χ2n) is 4.17. The number of rotatable bonds is 4. The lowest BCUT2D eigenvalue weighted by Crippen LogP contribution is -2.18. The summed E-state index contributed by atoms with van der Waals surface area (Å²) in [5, 5.41) is 4.69. The van der Waals surface area contributed by atoms with Crippen LogP contribution >= 0.6 is 11.6 Å². The lowest BCUT2D eigenvalue weighted by Gasteiger charge is -2.21. The molecule has 1 aromatic carbocycles. The molecule has 18 heavy (non-hydrogen) atoms. The summed E-state index contributed by atoms with van der Waals surface area (Å²) >= 11 is 6.15. The third-order valence-corrected chi connectivity index (χ3v) is 3.01. The molecule has 2 rings (SSSR count). The van der Waals surface area contributed by atoms with Crippen molar-refractivity contribution >= 4 is 23.6 Å². The SMILES string of the molecule is CN(Cc1cnn(C)c1)c1c(Cl)cccc1C=O. The number of nitrogens with zero attached hydrogens (tertiary/aromatic N) is 3. The summed E-state index contributed by atoms with van der Waals surface area (Å²) < 4.78 is 1.75. The van der Waals surface area contributed by atoms with E-state index in [0.29, 0.717) is 17.1 Å². The zero-order chi connectivity index (χ0) is 13.1. The van der Waals surface area contributed by atoms with Crippen LogP contribution in [0, 0.1) is 0 Å². The summed E-state index contributed by atoms with van der Waals surface area (Å²) in [6, 6.07) is 5.31. The van der Waals surface area contributed by atoms with E-state index in [1.54, 1.807) is 29.1 Å². The Labute approximate surface area is 111 Å². The predicted molar refractivity (Wildman–Crippen MR) is 72.2 cm³/mol. The third kappa shape index (κ3) is 2.54. The molecular formula is C13H14ClN3O. The summed E-state index contributed by atoms with van der Waals surface area (Å²) in [4.78, 5) is 13.0. The lowest BCUT2D eigenvalue weighted by atomic mass is 10.1. The molecular weight excluding hydrogens is 250 g/mol. The molecule has 0 amide bonds. The van der Waals surface area contributed by atoms with E-state index >= 15 is 0 Å².